The fraction of sp³-hybridized carbons (Fsp3) is 0.778. The van der Waals surface area contributed by atoms with Gasteiger partial charge in [-0.15, -0.1) is 0 Å². The zero-order valence-electron chi connectivity index (χ0n) is 14.4. The van der Waals surface area contributed by atoms with Gasteiger partial charge in [0.25, 0.3) is 0 Å². The summed E-state index contributed by atoms with van der Waals surface area (Å²) in [7, 11) is 2.24. The maximum Gasteiger partial charge on any atom is 0.122 e. The molecular weight excluding hydrogens is 260 g/mol. The fourth-order valence-corrected chi connectivity index (χ4v) is 3.06. The van der Waals surface area contributed by atoms with Crippen molar-refractivity contribution in [1.29, 1.82) is 0 Å². The predicted molar refractivity (Wildman–Crippen MR) is 88.2 cm³/mol. The van der Waals surface area contributed by atoms with Gasteiger partial charge in [-0.05, 0) is 65.5 Å². The molecule has 0 aliphatic heterocycles. The van der Waals surface area contributed by atoms with Crippen LogP contribution in [0.3, 0.4) is 0 Å². The molecule has 0 radical (unpaired) electrons. The third kappa shape index (κ3) is 5.15. The summed E-state index contributed by atoms with van der Waals surface area (Å²) in [6, 6.07) is 2.82. The van der Waals surface area contributed by atoms with Gasteiger partial charge in [0.15, 0.2) is 0 Å². The van der Waals surface area contributed by atoms with Crippen molar-refractivity contribution in [1.82, 2.24) is 10.2 Å². The smallest absolute Gasteiger partial charge is 0.122 e. The Morgan fingerprint density at radius 2 is 1.90 bits per heavy atom. The maximum atomic E-state index is 5.73. The van der Waals surface area contributed by atoms with Crippen LogP contribution in [0.2, 0.25) is 0 Å². The van der Waals surface area contributed by atoms with Crippen molar-refractivity contribution in [2.45, 2.75) is 78.0 Å². The Kier molecular flexibility index (Phi) is 5.50. The first-order chi connectivity index (χ1) is 9.85. The van der Waals surface area contributed by atoms with E-state index in [-0.39, 0.29) is 5.54 Å². The van der Waals surface area contributed by atoms with E-state index < -0.39 is 0 Å². The Balaban J connectivity index is 1.89. The molecule has 0 spiro atoms. The van der Waals surface area contributed by atoms with Crippen LogP contribution in [0.4, 0.5) is 0 Å². The average molecular weight is 292 g/mol. The second-order valence-electron chi connectivity index (χ2n) is 7.80. The minimum Gasteiger partial charge on any atom is -0.468 e. The quantitative estimate of drug-likeness (QED) is 0.882. The lowest BCUT2D eigenvalue weighted by molar-refractivity contribution is 0.154. The second kappa shape index (κ2) is 6.97. The molecule has 1 aromatic rings. The Hall–Kier alpha value is -0.800. The van der Waals surface area contributed by atoms with Crippen molar-refractivity contribution >= 4 is 0 Å². The van der Waals surface area contributed by atoms with Crippen molar-refractivity contribution in [2.24, 2.45) is 5.92 Å². The summed E-state index contributed by atoms with van der Waals surface area (Å²) in [4.78, 5) is 2.48. The normalized spacial score (nSPS) is 23.7. The van der Waals surface area contributed by atoms with E-state index in [2.05, 4.69) is 51.0 Å². The maximum absolute atomic E-state index is 5.73. The summed E-state index contributed by atoms with van der Waals surface area (Å²) in [5, 5.41) is 3.54. The van der Waals surface area contributed by atoms with Crippen LogP contribution in [0.15, 0.2) is 16.7 Å². The number of hydrogen-bond acceptors (Lipinski definition) is 3. The van der Waals surface area contributed by atoms with Gasteiger partial charge < -0.3 is 9.73 Å². The molecule has 1 aromatic heterocycles. The molecular formula is C18H32N2O. The summed E-state index contributed by atoms with van der Waals surface area (Å²) in [5.41, 5.74) is 1.43. The van der Waals surface area contributed by atoms with Crippen LogP contribution in [0, 0.1) is 5.92 Å². The van der Waals surface area contributed by atoms with Crippen LogP contribution in [0.25, 0.3) is 0 Å². The van der Waals surface area contributed by atoms with Crippen molar-refractivity contribution in [2.75, 3.05) is 7.05 Å². The molecule has 1 N–H and O–H groups in total. The van der Waals surface area contributed by atoms with E-state index in [4.69, 9.17) is 4.42 Å². The van der Waals surface area contributed by atoms with Crippen LogP contribution in [-0.4, -0.2) is 23.5 Å². The molecule has 1 fully saturated rings. The Morgan fingerprint density at radius 1 is 1.24 bits per heavy atom. The lowest BCUT2D eigenvalue weighted by atomic mass is 9.87. The average Bonchev–Trinajstić information content (AvgIpc) is 2.83. The van der Waals surface area contributed by atoms with Crippen LogP contribution < -0.4 is 5.32 Å². The molecule has 0 bridgehead atoms. The van der Waals surface area contributed by atoms with Gasteiger partial charge in [-0.2, -0.15) is 0 Å². The standard InChI is InChI=1S/C18H32N2O/c1-14-6-8-16(9-7-14)20(5)13-17-15(10-11-21-17)12-19-18(2,3)4/h10-11,14,16,19H,6-9,12-13H2,1-5H3. The van der Waals surface area contributed by atoms with Gasteiger partial charge >= 0.3 is 0 Å². The van der Waals surface area contributed by atoms with E-state index in [1.54, 1.807) is 0 Å². The largest absolute Gasteiger partial charge is 0.468 e. The summed E-state index contributed by atoms with van der Waals surface area (Å²) in [6.07, 6.45) is 7.21. The Bertz CT molecular complexity index is 425. The van der Waals surface area contributed by atoms with Crippen LogP contribution in [-0.2, 0) is 13.1 Å². The Morgan fingerprint density at radius 3 is 2.52 bits per heavy atom. The lowest BCUT2D eigenvalue weighted by Crippen LogP contribution is -2.36. The topological polar surface area (TPSA) is 28.4 Å². The van der Waals surface area contributed by atoms with Crippen molar-refractivity contribution in [3.8, 4) is 0 Å². The molecule has 0 amide bonds. The zero-order valence-corrected chi connectivity index (χ0v) is 14.4. The minimum absolute atomic E-state index is 0.139. The highest BCUT2D eigenvalue weighted by Gasteiger charge is 2.23. The molecule has 0 saturated heterocycles. The first-order valence-electron chi connectivity index (χ1n) is 8.35. The van der Waals surface area contributed by atoms with E-state index in [0.29, 0.717) is 0 Å². The van der Waals surface area contributed by atoms with Gasteiger partial charge in [0.2, 0.25) is 0 Å². The monoisotopic (exact) mass is 292 g/mol. The van der Waals surface area contributed by atoms with E-state index in [0.717, 1.165) is 30.8 Å². The highest BCUT2D eigenvalue weighted by atomic mass is 16.3. The number of nitrogens with one attached hydrogen (secondary N) is 1. The molecule has 0 aromatic carbocycles. The van der Waals surface area contributed by atoms with Crippen LogP contribution in [0.1, 0.15) is 64.7 Å². The lowest BCUT2D eigenvalue weighted by Gasteiger charge is -2.33. The number of nitrogens with zero attached hydrogens (tertiary/aromatic N) is 1. The third-order valence-electron chi connectivity index (χ3n) is 4.65. The van der Waals surface area contributed by atoms with E-state index in [1.807, 2.05) is 6.26 Å². The minimum atomic E-state index is 0.139. The molecule has 3 heteroatoms. The predicted octanol–water partition coefficient (Wildman–Crippen LogP) is 4.18. The first-order valence-corrected chi connectivity index (χ1v) is 8.35. The molecule has 1 heterocycles. The molecule has 3 nitrogen and oxygen atoms in total. The molecule has 0 atom stereocenters. The van der Waals surface area contributed by atoms with Crippen molar-refractivity contribution in [3.05, 3.63) is 23.7 Å². The molecule has 2 rings (SSSR count). The number of rotatable bonds is 5. The fourth-order valence-electron chi connectivity index (χ4n) is 3.06. The van der Waals surface area contributed by atoms with Gasteiger partial charge in [-0.3, -0.25) is 4.90 Å². The zero-order chi connectivity index (χ0) is 15.5. The molecule has 0 unspecified atom stereocenters. The molecule has 1 aliphatic rings. The summed E-state index contributed by atoms with van der Waals surface area (Å²) in [5.74, 6) is 2.03. The molecule has 21 heavy (non-hydrogen) atoms. The van der Waals surface area contributed by atoms with Gasteiger partial charge in [-0.25, -0.2) is 0 Å². The van der Waals surface area contributed by atoms with Crippen LogP contribution in [0.5, 0.6) is 0 Å². The number of furan rings is 1. The second-order valence-corrected chi connectivity index (χ2v) is 7.80. The molecule has 1 aliphatic carbocycles. The Labute approximate surface area is 130 Å². The van der Waals surface area contributed by atoms with Crippen LogP contribution >= 0.6 is 0 Å². The van der Waals surface area contributed by atoms with Gasteiger partial charge in [0.05, 0.1) is 12.8 Å². The molecule has 120 valence electrons. The van der Waals surface area contributed by atoms with Gasteiger partial charge in [-0.1, -0.05) is 6.92 Å². The third-order valence-corrected chi connectivity index (χ3v) is 4.65. The first kappa shape index (κ1) is 16.6. The SMILES string of the molecule is CC1CCC(N(C)Cc2occc2CNC(C)(C)C)CC1. The molecule has 1 saturated carbocycles. The van der Waals surface area contributed by atoms with Gasteiger partial charge in [0, 0.05) is 23.7 Å². The highest BCUT2D eigenvalue weighted by molar-refractivity contribution is 5.17. The number of hydrogen-bond donors (Lipinski definition) is 1. The summed E-state index contributed by atoms with van der Waals surface area (Å²) >= 11 is 0. The summed E-state index contributed by atoms with van der Waals surface area (Å²) < 4.78 is 5.73. The highest BCUT2D eigenvalue weighted by Crippen LogP contribution is 2.27. The van der Waals surface area contributed by atoms with E-state index in [1.165, 1.54) is 31.2 Å². The van der Waals surface area contributed by atoms with E-state index >= 15 is 0 Å². The van der Waals surface area contributed by atoms with Crippen molar-refractivity contribution in [3.63, 3.8) is 0 Å². The van der Waals surface area contributed by atoms with Crippen molar-refractivity contribution < 1.29 is 4.42 Å². The van der Waals surface area contributed by atoms with Gasteiger partial charge in [0.1, 0.15) is 5.76 Å². The summed E-state index contributed by atoms with van der Waals surface area (Å²) in [6.45, 7) is 10.8. The van der Waals surface area contributed by atoms with E-state index in [9.17, 15) is 0 Å².